The van der Waals surface area contributed by atoms with Gasteiger partial charge in [0.1, 0.15) is 5.82 Å². The number of amides is 2. The maximum atomic E-state index is 14.1. The molecule has 1 aliphatic heterocycles. The van der Waals surface area contributed by atoms with Crippen LogP contribution in [0.5, 0.6) is 0 Å². The summed E-state index contributed by atoms with van der Waals surface area (Å²) < 4.78 is 14.1. The van der Waals surface area contributed by atoms with Crippen LogP contribution in [-0.4, -0.2) is 18.9 Å². The third-order valence-corrected chi connectivity index (χ3v) is 7.26. The van der Waals surface area contributed by atoms with Crippen LogP contribution >= 0.6 is 11.8 Å². The number of hydrogen-bond acceptors (Lipinski definition) is 3. The van der Waals surface area contributed by atoms with Crippen LogP contribution in [0.25, 0.3) is 6.08 Å². The minimum atomic E-state index is -0.372. The maximum absolute atomic E-state index is 14.1. The lowest BCUT2D eigenvalue weighted by atomic mass is 9.87. The number of thioether (sulfide) groups is 1. The first kappa shape index (κ1) is 21.5. The lowest BCUT2D eigenvalue weighted by Crippen LogP contribution is -2.32. The van der Waals surface area contributed by atoms with Gasteiger partial charge in [0.05, 0.1) is 16.6 Å². The van der Waals surface area contributed by atoms with Crippen LogP contribution in [0.2, 0.25) is 0 Å². The summed E-state index contributed by atoms with van der Waals surface area (Å²) in [6.07, 6.45) is 4.56. The molecule has 2 amide bonds. The van der Waals surface area contributed by atoms with Crippen LogP contribution in [0.4, 0.5) is 10.1 Å². The fourth-order valence-corrected chi connectivity index (χ4v) is 5.50. The highest BCUT2D eigenvalue weighted by Crippen LogP contribution is 2.42. The minimum Gasteiger partial charge on any atom is -0.345 e. The van der Waals surface area contributed by atoms with Gasteiger partial charge < -0.3 is 10.2 Å². The van der Waals surface area contributed by atoms with E-state index in [1.54, 1.807) is 43.5 Å². The lowest BCUT2D eigenvalue weighted by molar-refractivity contribution is -0.114. The molecule has 1 heterocycles. The topological polar surface area (TPSA) is 49.4 Å². The molecule has 6 heteroatoms. The molecule has 2 aliphatic rings. The first-order chi connectivity index (χ1) is 16.0. The standard InChI is InChI=1S/C27H23FN2O2S/c1-30-23-15-19(26(31)29-22-12-6-9-17-7-2-4-10-20(17)22)13-14-24(23)33-25(27(30)32)16-18-8-3-5-11-21(18)28/h2-5,7-8,10-11,13-16,22H,6,9,12H2,1H3,(H,29,31)/b25-16-/t22-/m1/s1. The number of nitrogens with zero attached hydrogens (tertiary/aromatic N) is 1. The highest BCUT2D eigenvalue weighted by atomic mass is 32.2. The Balaban J connectivity index is 1.39. The fraction of sp³-hybridized carbons (Fsp3) is 0.185. The normalized spacial score (nSPS) is 18.6. The number of anilines is 1. The maximum Gasteiger partial charge on any atom is 0.264 e. The van der Waals surface area contributed by atoms with Crippen LogP contribution in [0.3, 0.4) is 0 Å². The molecule has 33 heavy (non-hydrogen) atoms. The van der Waals surface area contributed by atoms with E-state index in [9.17, 15) is 14.0 Å². The molecule has 166 valence electrons. The van der Waals surface area contributed by atoms with Gasteiger partial charge in [-0.2, -0.15) is 0 Å². The molecule has 3 aromatic carbocycles. The van der Waals surface area contributed by atoms with Gasteiger partial charge in [-0.15, -0.1) is 0 Å². The van der Waals surface area contributed by atoms with E-state index in [4.69, 9.17) is 0 Å². The van der Waals surface area contributed by atoms with E-state index in [1.165, 1.54) is 33.9 Å². The summed E-state index contributed by atoms with van der Waals surface area (Å²) in [5.41, 5.74) is 4.02. The smallest absolute Gasteiger partial charge is 0.264 e. The monoisotopic (exact) mass is 458 g/mol. The number of carbonyl (C=O) groups excluding carboxylic acids is 2. The molecular formula is C27H23FN2O2S. The summed E-state index contributed by atoms with van der Waals surface area (Å²) in [6, 6.07) is 20.0. The van der Waals surface area contributed by atoms with Crippen molar-refractivity contribution in [1.29, 1.82) is 0 Å². The largest absolute Gasteiger partial charge is 0.345 e. The van der Waals surface area contributed by atoms with Gasteiger partial charge in [0.15, 0.2) is 0 Å². The number of hydrogen-bond donors (Lipinski definition) is 1. The summed E-state index contributed by atoms with van der Waals surface area (Å²) in [5.74, 6) is -0.754. The first-order valence-corrected chi connectivity index (χ1v) is 11.8. The van der Waals surface area contributed by atoms with Crippen molar-refractivity contribution in [3.63, 3.8) is 0 Å². The van der Waals surface area contributed by atoms with Gasteiger partial charge in [0.2, 0.25) is 0 Å². The average molecular weight is 459 g/mol. The van der Waals surface area contributed by atoms with Gasteiger partial charge in [-0.1, -0.05) is 54.2 Å². The molecule has 0 aromatic heterocycles. The Labute approximate surface area is 196 Å². The van der Waals surface area contributed by atoms with Crippen molar-refractivity contribution in [1.82, 2.24) is 5.32 Å². The molecule has 0 saturated carbocycles. The summed E-state index contributed by atoms with van der Waals surface area (Å²) in [7, 11) is 1.68. The van der Waals surface area contributed by atoms with Gasteiger partial charge in [-0.25, -0.2) is 4.39 Å². The Morgan fingerprint density at radius 1 is 1.12 bits per heavy atom. The van der Waals surface area contributed by atoms with Crippen molar-refractivity contribution in [2.24, 2.45) is 0 Å². The zero-order chi connectivity index (χ0) is 22.9. The van der Waals surface area contributed by atoms with E-state index in [0.29, 0.717) is 21.7 Å². The quantitative estimate of drug-likeness (QED) is 0.509. The molecule has 4 nitrogen and oxygen atoms in total. The van der Waals surface area contributed by atoms with E-state index in [0.717, 1.165) is 24.2 Å². The Morgan fingerprint density at radius 2 is 1.91 bits per heavy atom. The second-order valence-corrected chi connectivity index (χ2v) is 9.38. The fourth-order valence-electron chi connectivity index (χ4n) is 4.41. The average Bonchev–Trinajstić information content (AvgIpc) is 2.84. The Bertz CT molecular complexity index is 1290. The molecule has 0 bridgehead atoms. The van der Waals surface area contributed by atoms with E-state index in [2.05, 4.69) is 17.4 Å². The first-order valence-electron chi connectivity index (χ1n) is 11.0. The van der Waals surface area contributed by atoms with Crippen molar-refractivity contribution < 1.29 is 14.0 Å². The lowest BCUT2D eigenvalue weighted by Gasteiger charge is -2.28. The zero-order valence-corrected chi connectivity index (χ0v) is 19.0. The van der Waals surface area contributed by atoms with Gasteiger partial charge in [-0.3, -0.25) is 9.59 Å². The predicted molar refractivity (Wildman–Crippen MR) is 130 cm³/mol. The molecule has 5 rings (SSSR count). The second kappa shape index (κ2) is 8.87. The third-order valence-electron chi connectivity index (χ3n) is 6.18. The van der Waals surface area contributed by atoms with Gasteiger partial charge >= 0.3 is 0 Å². The number of nitrogens with one attached hydrogen (secondary N) is 1. The second-order valence-electron chi connectivity index (χ2n) is 8.30. The zero-order valence-electron chi connectivity index (χ0n) is 18.2. The molecule has 0 spiro atoms. The van der Waals surface area contributed by atoms with Crippen LogP contribution < -0.4 is 10.2 Å². The highest BCUT2D eigenvalue weighted by Gasteiger charge is 2.28. The van der Waals surface area contributed by atoms with Gasteiger partial charge in [-0.05, 0) is 60.7 Å². The molecular weight excluding hydrogens is 435 g/mol. The molecule has 1 N–H and O–H groups in total. The Morgan fingerprint density at radius 3 is 2.76 bits per heavy atom. The van der Waals surface area contributed by atoms with E-state index in [-0.39, 0.29) is 23.7 Å². The van der Waals surface area contributed by atoms with Crippen LogP contribution in [0, 0.1) is 5.82 Å². The number of fused-ring (bicyclic) bond motifs is 2. The third kappa shape index (κ3) is 4.18. The summed E-state index contributed by atoms with van der Waals surface area (Å²) in [6.45, 7) is 0. The Hall–Kier alpha value is -3.38. The van der Waals surface area contributed by atoms with Crippen molar-refractivity contribution in [2.45, 2.75) is 30.2 Å². The van der Waals surface area contributed by atoms with Crippen molar-refractivity contribution in [3.8, 4) is 0 Å². The summed E-state index contributed by atoms with van der Waals surface area (Å²) >= 11 is 1.29. The molecule has 0 saturated heterocycles. The predicted octanol–water partition coefficient (Wildman–Crippen LogP) is 5.74. The van der Waals surface area contributed by atoms with Gasteiger partial charge in [0, 0.05) is 23.1 Å². The number of benzene rings is 3. The van der Waals surface area contributed by atoms with Crippen molar-refractivity contribution >= 4 is 35.3 Å². The summed E-state index contributed by atoms with van der Waals surface area (Å²) in [4.78, 5) is 28.8. The molecule has 1 atom stereocenters. The van der Waals surface area contributed by atoms with E-state index in [1.807, 2.05) is 18.2 Å². The molecule has 0 radical (unpaired) electrons. The SMILES string of the molecule is CN1C(=O)/C(=C/c2ccccc2F)Sc2ccc(C(=O)N[C@@H]3CCCc4ccccc43)cc21. The number of halogens is 1. The van der Waals surface area contributed by atoms with E-state index < -0.39 is 0 Å². The Kier molecular flexibility index (Phi) is 5.77. The molecule has 0 unspecified atom stereocenters. The molecule has 0 fully saturated rings. The highest BCUT2D eigenvalue weighted by molar-refractivity contribution is 8.04. The van der Waals surface area contributed by atoms with Crippen molar-refractivity contribution in [2.75, 3.05) is 11.9 Å². The van der Waals surface area contributed by atoms with Crippen LogP contribution in [0.15, 0.2) is 76.5 Å². The number of rotatable bonds is 3. The van der Waals surface area contributed by atoms with Crippen LogP contribution in [0.1, 0.15) is 45.9 Å². The summed E-state index contributed by atoms with van der Waals surface area (Å²) in [5, 5.41) is 3.17. The number of likely N-dealkylation sites (N-methyl/N-ethyl adjacent to an activating group) is 1. The van der Waals surface area contributed by atoms with Crippen LogP contribution in [-0.2, 0) is 11.2 Å². The molecule has 3 aromatic rings. The minimum absolute atomic E-state index is 0.0116. The van der Waals surface area contributed by atoms with Gasteiger partial charge in [0.25, 0.3) is 11.8 Å². The van der Waals surface area contributed by atoms with E-state index >= 15 is 0 Å². The van der Waals surface area contributed by atoms with Crippen molar-refractivity contribution in [3.05, 3.63) is 99.7 Å². The number of carbonyl (C=O) groups is 2. The number of aryl methyl sites for hydroxylation is 1. The molecule has 1 aliphatic carbocycles.